The molecule has 2 N–H and O–H groups in total. The first-order valence-corrected chi connectivity index (χ1v) is 7.80. The van der Waals surface area contributed by atoms with Gasteiger partial charge in [0.25, 0.3) is 10.0 Å². The van der Waals surface area contributed by atoms with Crippen LogP contribution in [-0.4, -0.2) is 35.7 Å². The number of methoxy groups -OCH3 is 1. The molecule has 0 aromatic carbocycles. The van der Waals surface area contributed by atoms with Crippen molar-refractivity contribution in [3.8, 4) is 0 Å². The van der Waals surface area contributed by atoms with Crippen molar-refractivity contribution in [2.45, 2.75) is 30.9 Å². The van der Waals surface area contributed by atoms with E-state index in [4.69, 9.17) is 9.15 Å². The summed E-state index contributed by atoms with van der Waals surface area (Å²) in [6.07, 6.45) is 2.65. The number of furan rings is 1. The fourth-order valence-corrected chi connectivity index (χ4v) is 2.62. The van der Waals surface area contributed by atoms with E-state index in [0.717, 1.165) is 19.3 Å². The maximum Gasteiger partial charge on any atom is 0.273 e. The Hall–Kier alpha value is -0.890. The average molecular weight is 290 g/mol. The highest BCUT2D eigenvalue weighted by Gasteiger charge is 2.17. The summed E-state index contributed by atoms with van der Waals surface area (Å²) >= 11 is 0. The van der Waals surface area contributed by atoms with Crippen molar-refractivity contribution in [2.75, 3.05) is 27.3 Å². The molecule has 110 valence electrons. The molecule has 0 saturated heterocycles. The lowest BCUT2D eigenvalue weighted by Crippen LogP contribution is -2.24. The van der Waals surface area contributed by atoms with Crippen molar-refractivity contribution in [2.24, 2.45) is 0 Å². The van der Waals surface area contributed by atoms with Crippen LogP contribution in [0.25, 0.3) is 0 Å². The summed E-state index contributed by atoms with van der Waals surface area (Å²) in [6.45, 7) is 1.62. The molecule has 0 spiro atoms. The van der Waals surface area contributed by atoms with E-state index in [9.17, 15) is 8.42 Å². The van der Waals surface area contributed by atoms with Crippen molar-refractivity contribution in [3.63, 3.8) is 0 Å². The Morgan fingerprint density at radius 2 is 2.05 bits per heavy atom. The van der Waals surface area contributed by atoms with Gasteiger partial charge in [-0.2, -0.15) is 0 Å². The van der Waals surface area contributed by atoms with E-state index in [1.54, 1.807) is 20.2 Å². The number of nitrogens with one attached hydrogen (secondary N) is 2. The number of rotatable bonds is 10. The topological polar surface area (TPSA) is 80.6 Å². The van der Waals surface area contributed by atoms with Crippen LogP contribution in [0.2, 0.25) is 0 Å². The van der Waals surface area contributed by atoms with Gasteiger partial charge >= 0.3 is 0 Å². The molecule has 0 aliphatic carbocycles. The van der Waals surface area contributed by atoms with E-state index in [1.807, 2.05) is 0 Å². The number of sulfonamides is 1. The summed E-state index contributed by atoms with van der Waals surface area (Å²) in [6, 6.07) is 3.13. The largest absolute Gasteiger partial charge is 0.447 e. The monoisotopic (exact) mass is 290 g/mol. The summed E-state index contributed by atoms with van der Waals surface area (Å²) in [5.41, 5.74) is 0. The highest BCUT2D eigenvalue weighted by molar-refractivity contribution is 7.89. The smallest absolute Gasteiger partial charge is 0.273 e. The lowest BCUT2D eigenvalue weighted by atomic mass is 10.2. The Morgan fingerprint density at radius 3 is 2.74 bits per heavy atom. The molecule has 1 rings (SSSR count). The molecular weight excluding hydrogens is 268 g/mol. The van der Waals surface area contributed by atoms with E-state index < -0.39 is 10.0 Å². The molecule has 0 atom stereocenters. The molecule has 0 aliphatic rings. The molecule has 0 bridgehead atoms. The summed E-state index contributed by atoms with van der Waals surface area (Å²) in [7, 11) is -0.0983. The number of hydrogen-bond acceptors (Lipinski definition) is 5. The minimum atomic E-state index is -3.53. The van der Waals surface area contributed by atoms with Crippen molar-refractivity contribution in [1.29, 1.82) is 0 Å². The van der Waals surface area contributed by atoms with Gasteiger partial charge in [-0.15, -0.1) is 0 Å². The van der Waals surface area contributed by atoms with Crippen LogP contribution >= 0.6 is 0 Å². The van der Waals surface area contributed by atoms with Gasteiger partial charge in [0.15, 0.2) is 0 Å². The predicted molar refractivity (Wildman–Crippen MR) is 72.4 cm³/mol. The maximum absolute atomic E-state index is 11.9. The third-order valence-electron chi connectivity index (χ3n) is 2.57. The highest BCUT2D eigenvalue weighted by Crippen LogP contribution is 2.13. The Bertz CT molecular complexity index is 456. The zero-order valence-corrected chi connectivity index (χ0v) is 12.3. The second-order valence-corrected chi connectivity index (χ2v) is 5.90. The Kier molecular flexibility index (Phi) is 7.07. The Balaban J connectivity index is 2.38. The Labute approximate surface area is 114 Å². The standard InChI is InChI=1S/C12H22N2O4S/c1-13-10-11-6-7-12(18-11)19(15,16)14-8-4-3-5-9-17-2/h6-7,13-14H,3-5,8-10H2,1-2H3. The van der Waals surface area contributed by atoms with Crippen molar-refractivity contribution in [1.82, 2.24) is 10.0 Å². The van der Waals surface area contributed by atoms with Gasteiger partial charge in [0.2, 0.25) is 5.09 Å². The van der Waals surface area contributed by atoms with Gasteiger partial charge in [0.1, 0.15) is 5.76 Å². The summed E-state index contributed by atoms with van der Waals surface area (Å²) in [5.74, 6) is 0.600. The van der Waals surface area contributed by atoms with Crippen LogP contribution in [0, 0.1) is 0 Å². The van der Waals surface area contributed by atoms with E-state index in [0.29, 0.717) is 25.5 Å². The van der Waals surface area contributed by atoms with Gasteiger partial charge in [0.05, 0.1) is 6.54 Å². The average Bonchev–Trinajstić information content (AvgIpc) is 2.83. The van der Waals surface area contributed by atoms with E-state index in [-0.39, 0.29) is 5.09 Å². The van der Waals surface area contributed by atoms with Crippen LogP contribution < -0.4 is 10.0 Å². The molecule has 0 radical (unpaired) electrons. The van der Waals surface area contributed by atoms with Crippen molar-refractivity contribution in [3.05, 3.63) is 17.9 Å². The van der Waals surface area contributed by atoms with Crippen LogP contribution in [0.4, 0.5) is 0 Å². The first-order valence-electron chi connectivity index (χ1n) is 6.32. The normalized spacial score (nSPS) is 11.9. The summed E-state index contributed by atoms with van der Waals surface area (Å²) in [5, 5.41) is 2.87. The van der Waals surface area contributed by atoms with Crippen LogP contribution in [0.1, 0.15) is 25.0 Å². The minimum absolute atomic E-state index is 0.0327. The van der Waals surface area contributed by atoms with E-state index >= 15 is 0 Å². The summed E-state index contributed by atoms with van der Waals surface area (Å²) < 4.78 is 36.5. The van der Waals surface area contributed by atoms with Crippen LogP contribution in [-0.2, 0) is 21.3 Å². The fraction of sp³-hybridized carbons (Fsp3) is 0.667. The van der Waals surface area contributed by atoms with E-state index in [2.05, 4.69) is 10.0 Å². The molecule has 1 heterocycles. The third-order valence-corrected chi connectivity index (χ3v) is 3.90. The number of unbranched alkanes of at least 4 members (excludes halogenated alkanes) is 2. The van der Waals surface area contributed by atoms with E-state index in [1.165, 1.54) is 6.07 Å². The maximum atomic E-state index is 11.9. The minimum Gasteiger partial charge on any atom is -0.447 e. The van der Waals surface area contributed by atoms with Crippen molar-refractivity contribution < 1.29 is 17.6 Å². The lowest BCUT2D eigenvalue weighted by Gasteiger charge is -2.04. The van der Waals surface area contributed by atoms with Crippen LogP contribution in [0.5, 0.6) is 0 Å². The lowest BCUT2D eigenvalue weighted by molar-refractivity contribution is 0.192. The molecule has 0 saturated carbocycles. The van der Waals surface area contributed by atoms with Crippen LogP contribution in [0.15, 0.2) is 21.6 Å². The molecule has 0 amide bonds. The third kappa shape index (κ3) is 5.73. The zero-order valence-electron chi connectivity index (χ0n) is 11.4. The molecule has 19 heavy (non-hydrogen) atoms. The fourth-order valence-electron chi connectivity index (χ4n) is 1.60. The second kappa shape index (κ2) is 8.31. The van der Waals surface area contributed by atoms with Gasteiger partial charge in [-0.1, -0.05) is 0 Å². The van der Waals surface area contributed by atoms with Gasteiger partial charge < -0.3 is 14.5 Å². The first kappa shape index (κ1) is 16.2. The molecule has 0 aliphatic heterocycles. The molecule has 6 nitrogen and oxygen atoms in total. The zero-order chi connectivity index (χ0) is 14.1. The molecule has 1 aromatic heterocycles. The van der Waals surface area contributed by atoms with Gasteiger partial charge in [-0.3, -0.25) is 0 Å². The summed E-state index contributed by atoms with van der Waals surface area (Å²) in [4.78, 5) is 0. The molecule has 1 aromatic rings. The molecule has 0 fully saturated rings. The molecule has 0 unspecified atom stereocenters. The highest BCUT2D eigenvalue weighted by atomic mass is 32.2. The number of hydrogen-bond donors (Lipinski definition) is 2. The second-order valence-electron chi connectivity index (χ2n) is 4.20. The quantitative estimate of drug-likeness (QED) is 0.631. The van der Waals surface area contributed by atoms with Gasteiger partial charge in [-0.25, -0.2) is 13.1 Å². The number of ether oxygens (including phenoxy) is 1. The molecular formula is C12H22N2O4S. The first-order chi connectivity index (χ1) is 9.10. The van der Waals surface area contributed by atoms with Gasteiger partial charge in [-0.05, 0) is 38.4 Å². The predicted octanol–water partition coefficient (Wildman–Crippen LogP) is 1.09. The Morgan fingerprint density at radius 1 is 1.26 bits per heavy atom. The SMILES string of the molecule is CNCc1ccc(S(=O)(=O)NCCCCCOC)o1. The van der Waals surface area contributed by atoms with Crippen molar-refractivity contribution >= 4 is 10.0 Å². The van der Waals surface area contributed by atoms with Gasteiger partial charge in [0, 0.05) is 20.3 Å². The molecule has 7 heteroatoms. The van der Waals surface area contributed by atoms with Crippen LogP contribution in [0.3, 0.4) is 0 Å².